The quantitative estimate of drug-likeness (QED) is 0.0262. The Morgan fingerprint density at radius 3 is 0.868 bits per heavy atom. The first-order valence-electron chi connectivity index (χ1n) is 29.3. The summed E-state index contributed by atoms with van der Waals surface area (Å²) >= 11 is 0. The monoisotopic (exact) mass is 951 g/mol. The summed E-state index contributed by atoms with van der Waals surface area (Å²) in [6, 6.07) is 0. The lowest BCUT2D eigenvalue weighted by Crippen LogP contribution is -2.30. The van der Waals surface area contributed by atoms with Gasteiger partial charge in [0.2, 0.25) is 0 Å². The summed E-state index contributed by atoms with van der Waals surface area (Å²) in [5.41, 5.74) is 0. The number of hydrogen-bond donors (Lipinski definition) is 0. The molecule has 0 aromatic rings. The smallest absolute Gasteiger partial charge is 0.306 e. The molecule has 0 aliphatic heterocycles. The van der Waals surface area contributed by atoms with Gasteiger partial charge in [0.15, 0.2) is 6.10 Å². The zero-order valence-corrected chi connectivity index (χ0v) is 45.1. The molecule has 6 nitrogen and oxygen atoms in total. The van der Waals surface area contributed by atoms with Crippen LogP contribution < -0.4 is 0 Å². The van der Waals surface area contributed by atoms with E-state index in [4.69, 9.17) is 14.2 Å². The molecule has 0 aliphatic rings. The fourth-order valence-electron chi connectivity index (χ4n) is 8.26. The number of esters is 3. The van der Waals surface area contributed by atoms with E-state index in [0.717, 1.165) is 89.9 Å². The SMILES string of the molecule is CCCCC/C=C/C/C=C/C/C=C/CCCCCCC(=O)O[C@H](COC(=O)CCCCCCC/C=C/CCCCCCC)COC(=O)CCCCCCCCCCC/C=C/CCCCCCCC. The number of ether oxygens (including phenoxy) is 3. The van der Waals surface area contributed by atoms with Gasteiger partial charge in [0.1, 0.15) is 13.2 Å². The highest BCUT2D eigenvalue weighted by Gasteiger charge is 2.19. The van der Waals surface area contributed by atoms with Crippen LogP contribution in [0.25, 0.3) is 0 Å². The lowest BCUT2D eigenvalue weighted by molar-refractivity contribution is -0.167. The van der Waals surface area contributed by atoms with Crippen molar-refractivity contribution < 1.29 is 28.6 Å². The molecule has 0 N–H and O–H groups in total. The molecule has 68 heavy (non-hydrogen) atoms. The topological polar surface area (TPSA) is 78.9 Å². The average Bonchev–Trinajstić information content (AvgIpc) is 3.34. The second-order valence-corrected chi connectivity index (χ2v) is 19.5. The number of rotatable bonds is 53. The van der Waals surface area contributed by atoms with Crippen molar-refractivity contribution in [2.45, 2.75) is 303 Å². The van der Waals surface area contributed by atoms with Gasteiger partial charge >= 0.3 is 17.9 Å². The molecule has 0 fully saturated rings. The van der Waals surface area contributed by atoms with Crippen LogP contribution >= 0.6 is 0 Å². The molecule has 0 saturated carbocycles. The Morgan fingerprint density at radius 1 is 0.294 bits per heavy atom. The van der Waals surface area contributed by atoms with Gasteiger partial charge in [-0.1, -0.05) is 229 Å². The molecule has 0 spiro atoms. The number of carbonyl (C=O) groups is 3. The van der Waals surface area contributed by atoms with Crippen LogP contribution in [0.15, 0.2) is 60.8 Å². The molecular formula is C62H110O6. The van der Waals surface area contributed by atoms with Crippen LogP contribution in [-0.4, -0.2) is 37.2 Å². The molecule has 0 radical (unpaired) electrons. The Balaban J connectivity index is 4.40. The lowest BCUT2D eigenvalue weighted by atomic mass is 10.1. The van der Waals surface area contributed by atoms with Gasteiger partial charge in [-0.25, -0.2) is 0 Å². The van der Waals surface area contributed by atoms with Gasteiger partial charge in [0.05, 0.1) is 0 Å². The van der Waals surface area contributed by atoms with E-state index in [2.05, 4.69) is 81.5 Å². The van der Waals surface area contributed by atoms with Crippen LogP contribution in [0, 0.1) is 0 Å². The number of allylic oxidation sites excluding steroid dienone is 10. The van der Waals surface area contributed by atoms with Crippen LogP contribution in [0.2, 0.25) is 0 Å². The fourth-order valence-corrected chi connectivity index (χ4v) is 8.26. The molecule has 0 rings (SSSR count). The summed E-state index contributed by atoms with van der Waals surface area (Å²) in [6.45, 7) is 6.60. The maximum absolute atomic E-state index is 12.9. The highest BCUT2D eigenvalue weighted by Crippen LogP contribution is 2.15. The minimum atomic E-state index is -0.790. The number of carbonyl (C=O) groups excluding carboxylic acids is 3. The highest BCUT2D eigenvalue weighted by molar-refractivity contribution is 5.71. The molecule has 0 aromatic heterocycles. The van der Waals surface area contributed by atoms with Crippen molar-refractivity contribution in [2.24, 2.45) is 0 Å². The van der Waals surface area contributed by atoms with Gasteiger partial charge in [-0.05, 0) is 109 Å². The molecule has 0 unspecified atom stereocenters. The van der Waals surface area contributed by atoms with Crippen LogP contribution in [0.5, 0.6) is 0 Å². The second kappa shape index (κ2) is 56.7. The van der Waals surface area contributed by atoms with Crippen molar-refractivity contribution >= 4 is 17.9 Å². The van der Waals surface area contributed by atoms with E-state index < -0.39 is 6.10 Å². The molecule has 6 heteroatoms. The van der Waals surface area contributed by atoms with E-state index in [1.807, 2.05) is 0 Å². The van der Waals surface area contributed by atoms with E-state index in [1.165, 1.54) is 167 Å². The van der Waals surface area contributed by atoms with Gasteiger partial charge in [-0.3, -0.25) is 14.4 Å². The lowest BCUT2D eigenvalue weighted by Gasteiger charge is -2.18. The van der Waals surface area contributed by atoms with E-state index in [0.29, 0.717) is 19.3 Å². The largest absolute Gasteiger partial charge is 0.462 e. The highest BCUT2D eigenvalue weighted by atomic mass is 16.6. The molecule has 1 atom stereocenters. The van der Waals surface area contributed by atoms with Crippen molar-refractivity contribution in [2.75, 3.05) is 13.2 Å². The summed E-state index contributed by atoms with van der Waals surface area (Å²) in [5.74, 6) is -0.908. The van der Waals surface area contributed by atoms with E-state index in [9.17, 15) is 14.4 Å². The first kappa shape index (κ1) is 65.1. The van der Waals surface area contributed by atoms with Crippen LogP contribution in [-0.2, 0) is 28.6 Å². The Labute approximate surface area is 421 Å². The third-order valence-corrected chi connectivity index (χ3v) is 12.7. The molecule has 394 valence electrons. The summed E-state index contributed by atoms with van der Waals surface area (Å²) in [5, 5.41) is 0. The van der Waals surface area contributed by atoms with Crippen LogP contribution in [0.1, 0.15) is 297 Å². The Kier molecular flexibility index (Phi) is 54.3. The van der Waals surface area contributed by atoms with Crippen LogP contribution in [0.4, 0.5) is 0 Å². The standard InChI is InChI=1S/C62H110O6/c1-4-7-10-13-16-19-22-25-28-30-31-33-34-37-40-43-46-49-52-55-61(64)67-58-59(57-66-60(63)54-51-48-45-42-39-36-27-24-21-18-15-12-9-6-3)68-62(65)56-53-50-47-44-41-38-35-32-29-26-23-20-17-14-11-8-5-2/h17,20,24-29,35,38,59H,4-16,18-19,21-23,30-34,36-37,39-58H2,1-3H3/b20-17+,27-24+,28-25+,29-26+,38-35+/t59-/m1/s1. The first-order chi connectivity index (χ1) is 33.5. The van der Waals surface area contributed by atoms with E-state index in [-0.39, 0.29) is 31.1 Å². The van der Waals surface area contributed by atoms with Gasteiger partial charge in [0.25, 0.3) is 0 Å². The molecular weight excluding hydrogens is 841 g/mol. The number of unbranched alkanes of at least 4 members (excludes halogenated alkanes) is 32. The predicted octanol–water partition coefficient (Wildman–Crippen LogP) is 19.6. The summed E-state index contributed by atoms with van der Waals surface area (Å²) in [4.78, 5) is 38.2. The zero-order valence-electron chi connectivity index (χ0n) is 45.1. The fraction of sp³-hybridized carbons (Fsp3) is 0.790. The summed E-state index contributed by atoms with van der Waals surface area (Å²) in [7, 11) is 0. The summed E-state index contributed by atoms with van der Waals surface area (Å²) < 4.78 is 16.9. The normalized spacial score (nSPS) is 12.5. The van der Waals surface area contributed by atoms with E-state index in [1.54, 1.807) is 0 Å². The van der Waals surface area contributed by atoms with Crippen molar-refractivity contribution in [1.29, 1.82) is 0 Å². The molecule has 0 bridgehead atoms. The second-order valence-electron chi connectivity index (χ2n) is 19.5. The minimum Gasteiger partial charge on any atom is -0.462 e. The van der Waals surface area contributed by atoms with Crippen molar-refractivity contribution in [3.63, 3.8) is 0 Å². The minimum absolute atomic E-state index is 0.0860. The maximum Gasteiger partial charge on any atom is 0.306 e. The third kappa shape index (κ3) is 54.1. The predicted molar refractivity (Wildman–Crippen MR) is 293 cm³/mol. The Morgan fingerprint density at radius 2 is 0.529 bits per heavy atom. The van der Waals surface area contributed by atoms with Gasteiger partial charge in [-0.2, -0.15) is 0 Å². The van der Waals surface area contributed by atoms with Crippen LogP contribution in [0.3, 0.4) is 0 Å². The summed E-state index contributed by atoms with van der Waals surface area (Å²) in [6.07, 6.45) is 70.6. The third-order valence-electron chi connectivity index (χ3n) is 12.7. The van der Waals surface area contributed by atoms with Crippen molar-refractivity contribution in [3.05, 3.63) is 60.8 Å². The number of hydrogen-bond acceptors (Lipinski definition) is 6. The average molecular weight is 952 g/mol. The van der Waals surface area contributed by atoms with E-state index >= 15 is 0 Å². The Bertz CT molecular complexity index is 1230. The molecule has 0 saturated heterocycles. The molecule has 0 heterocycles. The van der Waals surface area contributed by atoms with Gasteiger partial charge < -0.3 is 14.2 Å². The van der Waals surface area contributed by atoms with Gasteiger partial charge in [-0.15, -0.1) is 0 Å². The zero-order chi connectivity index (χ0) is 49.3. The Hall–Kier alpha value is -2.89. The molecule has 0 aliphatic carbocycles. The van der Waals surface area contributed by atoms with Gasteiger partial charge in [0, 0.05) is 19.3 Å². The van der Waals surface area contributed by atoms with Crippen molar-refractivity contribution in [3.8, 4) is 0 Å². The first-order valence-corrected chi connectivity index (χ1v) is 29.3. The molecule has 0 aromatic carbocycles. The molecule has 0 amide bonds. The maximum atomic E-state index is 12.9. The van der Waals surface area contributed by atoms with Crippen molar-refractivity contribution in [1.82, 2.24) is 0 Å².